The number of halogens is 1. The SMILES string of the molecule is COc1cc(-c2noc(C3(CN)CCCC3)n2)cc(Cl)c1OC. The number of hydrogen-bond donors (Lipinski definition) is 1. The molecule has 7 heteroatoms. The van der Waals surface area contributed by atoms with Gasteiger partial charge in [-0.15, -0.1) is 0 Å². The number of nitrogens with two attached hydrogens (primary N) is 1. The molecule has 0 saturated heterocycles. The molecular formula is C16H20ClN3O3. The van der Waals surface area contributed by atoms with Crippen molar-refractivity contribution in [2.45, 2.75) is 31.1 Å². The van der Waals surface area contributed by atoms with E-state index in [-0.39, 0.29) is 5.41 Å². The van der Waals surface area contributed by atoms with E-state index < -0.39 is 0 Å². The first kappa shape index (κ1) is 16.1. The van der Waals surface area contributed by atoms with Gasteiger partial charge in [0.05, 0.1) is 24.7 Å². The number of aromatic nitrogens is 2. The Kier molecular flexibility index (Phi) is 4.46. The third kappa shape index (κ3) is 2.77. The van der Waals surface area contributed by atoms with E-state index in [0.717, 1.165) is 25.7 Å². The fraction of sp³-hybridized carbons (Fsp3) is 0.500. The largest absolute Gasteiger partial charge is 0.493 e. The highest BCUT2D eigenvalue weighted by Crippen LogP contribution is 2.41. The van der Waals surface area contributed by atoms with Gasteiger partial charge in [0.2, 0.25) is 11.7 Å². The van der Waals surface area contributed by atoms with E-state index in [9.17, 15) is 0 Å². The first-order valence-electron chi connectivity index (χ1n) is 7.59. The molecule has 0 unspecified atom stereocenters. The van der Waals surface area contributed by atoms with Gasteiger partial charge in [0.1, 0.15) is 0 Å². The molecule has 1 aromatic heterocycles. The van der Waals surface area contributed by atoms with Gasteiger partial charge in [0.25, 0.3) is 0 Å². The van der Waals surface area contributed by atoms with E-state index in [1.807, 2.05) is 0 Å². The highest BCUT2D eigenvalue weighted by atomic mass is 35.5. The van der Waals surface area contributed by atoms with Crippen molar-refractivity contribution in [3.05, 3.63) is 23.0 Å². The van der Waals surface area contributed by atoms with Crippen LogP contribution in [0.25, 0.3) is 11.4 Å². The molecule has 2 aromatic rings. The van der Waals surface area contributed by atoms with E-state index >= 15 is 0 Å². The lowest BCUT2D eigenvalue weighted by Gasteiger charge is -2.21. The lowest BCUT2D eigenvalue weighted by Crippen LogP contribution is -2.32. The molecule has 124 valence electrons. The fourth-order valence-corrected chi connectivity index (χ4v) is 3.45. The Hall–Kier alpha value is -1.79. The topological polar surface area (TPSA) is 83.4 Å². The lowest BCUT2D eigenvalue weighted by atomic mass is 9.86. The Bertz CT molecular complexity index is 696. The van der Waals surface area contributed by atoms with Crippen LogP contribution in [0.3, 0.4) is 0 Å². The maximum atomic E-state index is 6.24. The monoisotopic (exact) mass is 337 g/mol. The van der Waals surface area contributed by atoms with Gasteiger partial charge in [-0.3, -0.25) is 0 Å². The summed E-state index contributed by atoms with van der Waals surface area (Å²) >= 11 is 6.24. The van der Waals surface area contributed by atoms with Crippen molar-refractivity contribution >= 4 is 11.6 Å². The van der Waals surface area contributed by atoms with Crippen molar-refractivity contribution in [1.82, 2.24) is 10.1 Å². The van der Waals surface area contributed by atoms with Gasteiger partial charge in [-0.25, -0.2) is 0 Å². The molecule has 6 nitrogen and oxygen atoms in total. The van der Waals surface area contributed by atoms with Crippen LogP contribution in [0.2, 0.25) is 5.02 Å². The Morgan fingerprint density at radius 2 is 2.00 bits per heavy atom. The van der Waals surface area contributed by atoms with Gasteiger partial charge in [0.15, 0.2) is 11.5 Å². The predicted octanol–water partition coefficient (Wildman–Crippen LogP) is 3.18. The summed E-state index contributed by atoms with van der Waals surface area (Å²) in [6, 6.07) is 3.52. The minimum absolute atomic E-state index is 0.189. The standard InChI is InChI=1S/C16H20ClN3O3/c1-21-12-8-10(7-11(17)13(12)22-2)14-19-15(23-20-14)16(9-18)5-3-4-6-16/h7-8H,3-6,9,18H2,1-2H3. The molecule has 1 aliphatic carbocycles. The summed E-state index contributed by atoms with van der Waals surface area (Å²) in [6.07, 6.45) is 4.24. The molecule has 1 aromatic carbocycles. The molecule has 0 bridgehead atoms. The van der Waals surface area contributed by atoms with Crippen LogP contribution < -0.4 is 15.2 Å². The third-order valence-corrected chi connectivity index (χ3v) is 4.80. The van der Waals surface area contributed by atoms with Crippen LogP contribution in [-0.2, 0) is 5.41 Å². The number of hydrogen-bond acceptors (Lipinski definition) is 6. The van der Waals surface area contributed by atoms with Crippen molar-refractivity contribution in [3.63, 3.8) is 0 Å². The smallest absolute Gasteiger partial charge is 0.234 e. The molecule has 1 fully saturated rings. The minimum atomic E-state index is -0.189. The Morgan fingerprint density at radius 1 is 1.26 bits per heavy atom. The molecule has 0 radical (unpaired) electrons. The van der Waals surface area contributed by atoms with Crippen molar-refractivity contribution in [2.75, 3.05) is 20.8 Å². The number of benzene rings is 1. The van der Waals surface area contributed by atoms with Gasteiger partial charge in [0, 0.05) is 12.1 Å². The van der Waals surface area contributed by atoms with Gasteiger partial charge in [-0.1, -0.05) is 29.6 Å². The highest BCUT2D eigenvalue weighted by molar-refractivity contribution is 6.32. The fourth-order valence-electron chi connectivity index (χ4n) is 3.16. The van der Waals surface area contributed by atoms with Crippen LogP contribution >= 0.6 is 11.6 Å². The van der Waals surface area contributed by atoms with E-state index in [0.29, 0.717) is 40.3 Å². The zero-order valence-electron chi connectivity index (χ0n) is 13.3. The number of nitrogens with zero attached hydrogens (tertiary/aromatic N) is 2. The zero-order chi connectivity index (χ0) is 16.4. The van der Waals surface area contributed by atoms with Crippen molar-refractivity contribution in [1.29, 1.82) is 0 Å². The second-order valence-electron chi connectivity index (χ2n) is 5.81. The molecule has 1 heterocycles. The van der Waals surface area contributed by atoms with E-state index in [2.05, 4.69) is 10.1 Å². The summed E-state index contributed by atoms with van der Waals surface area (Å²) < 4.78 is 16.1. The maximum absolute atomic E-state index is 6.24. The summed E-state index contributed by atoms with van der Waals surface area (Å²) in [7, 11) is 3.10. The van der Waals surface area contributed by atoms with E-state index in [1.165, 1.54) is 0 Å². The van der Waals surface area contributed by atoms with Gasteiger partial charge < -0.3 is 19.7 Å². The molecule has 0 aliphatic heterocycles. The van der Waals surface area contributed by atoms with Crippen LogP contribution in [0.4, 0.5) is 0 Å². The Labute approximate surface area is 139 Å². The first-order valence-corrected chi connectivity index (χ1v) is 7.97. The number of ether oxygens (including phenoxy) is 2. The summed E-state index contributed by atoms with van der Waals surface area (Å²) in [5.74, 6) is 2.09. The molecular weight excluding hydrogens is 318 g/mol. The van der Waals surface area contributed by atoms with Crippen molar-refractivity contribution in [3.8, 4) is 22.9 Å². The zero-order valence-corrected chi connectivity index (χ0v) is 14.0. The van der Waals surface area contributed by atoms with Crippen LogP contribution in [-0.4, -0.2) is 30.9 Å². The average molecular weight is 338 g/mol. The number of rotatable bonds is 5. The second-order valence-corrected chi connectivity index (χ2v) is 6.22. The summed E-state index contributed by atoms with van der Waals surface area (Å²) in [5, 5.41) is 4.53. The summed E-state index contributed by atoms with van der Waals surface area (Å²) in [5.41, 5.74) is 6.50. The molecule has 3 rings (SSSR count). The molecule has 2 N–H and O–H groups in total. The third-order valence-electron chi connectivity index (χ3n) is 4.52. The molecule has 0 amide bonds. The van der Waals surface area contributed by atoms with Crippen molar-refractivity contribution < 1.29 is 14.0 Å². The van der Waals surface area contributed by atoms with Crippen LogP contribution in [0.15, 0.2) is 16.7 Å². The van der Waals surface area contributed by atoms with E-state index in [1.54, 1.807) is 26.4 Å². The Balaban J connectivity index is 1.99. The molecule has 0 atom stereocenters. The lowest BCUT2D eigenvalue weighted by molar-refractivity contribution is 0.284. The van der Waals surface area contributed by atoms with Crippen LogP contribution in [0, 0.1) is 0 Å². The predicted molar refractivity (Wildman–Crippen MR) is 87.0 cm³/mol. The van der Waals surface area contributed by atoms with Gasteiger partial charge in [-0.05, 0) is 25.0 Å². The maximum Gasteiger partial charge on any atom is 0.234 e. The van der Waals surface area contributed by atoms with Gasteiger partial charge in [-0.2, -0.15) is 4.98 Å². The van der Waals surface area contributed by atoms with Gasteiger partial charge >= 0.3 is 0 Å². The highest BCUT2D eigenvalue weighted by Gasteiger charge is 2.39. The minimum Gasteiger partial charge on any atom is -0.493 e. The quantitative estimate of drug-likeness (QED) is 0.902. The molecule has 23 heavy (non-hydrogen) atoms. The normalized spacial score (nSPS) is 16.5. The van der Waals surface area contributed by atoms with E-state index in [4.69, 9.17) is 31.3 Å². The molecule has 1 saturated carbocycles. The molecule has 1 aliphatic rings. The second kappa shape index (κ2) is 6.37. The Morgan fingerprint density at radius 3 is 2.61 bits per heavy atom. The van der Waals surface area contributed by atoms with Crippen molar-refractivity contribution in [2.24, 2.45) is 5.73 Å². The van der Waals surface area contributed by atoms with Crippen LogP contribution in [0.1, 0.15) is 31.6 Å². The number of methoxy groups -OCH3 is 2. The summed E-state index contributed by atoms with van der Waals surface area (Å²) in [4.78, 5) is 4.56. The van der Waals surface area contributed by atoms with Crippen LogP contribution in [0.5, 0.6) is 11.5 Å². The molecule has 0 spiro atoms. The summed E-state index contributed by atoms with van der Waals surface area (Å²) in [6.45, 7) is 0.515. The average Bonchev–Trinajstić information content (AvgIpc) is 3.23. The first-order chi connectivity index (χ1) is 11.1.